The molecular formula is C19H13Cl2F4NO3. The number of carbonyl (C=O) groups is 1. The van der Waals surface area contributed by atoms with Gasteiger partial charge in [0.05, 0.1) is 5.70 Å². The molecule has 0 saturated heterocycles. The van der Waals surface area contributed by atoms with E-state index in [1.165, 1.54) is 25.1 Å². The molecule has 0 radical (unpaired) electrons. The molecule has 0 aliphatic carbocycles. The van der Waals surface area contributed by atoms with Gasteiger partial charge in [0.2, 0.25) is 5.60 Å². The van der Waals surface area contributed by atoms with Gasteiger partial charge in [-0.2, -0.15) is 13.2 Å². The van der Waals surface area contributed by atoms with E-state index in [0.717, 1.165) is 24.3 Å². The molecule has 1 heterocycles. The lowest BCUT2D eigenvalue weighted by Gasteiger charge is -2.28. The Bertz CT molecular complexity index is 974. The third-order valence-corrected chi connectivity index (χ3v) is 4.61. The molecule has 4 nitrogen and oxygen atoms in total. The summed E-state index contributed by atoms with van der Waals surface area (Å²) in [5, 5.41) is 0.00453. The first kappa shape index (κ1) is 21.4. The van der Waals surface area contributed by atoms with Crippen molar-refractivity contribution < 1.29 is 31.9 Å². The van der Waals surface area contributed by atoms with Crippen molar-refractivity contribution in [2.75, 3.05) is 0 Å². The van der Waals surface area contributed by atoms with E-state index in [1.807, 2.05) is 0 Å². The number of benzene rings is 2. The maximum absolute atomic E-state index is 14.3. The molecule has 0 spiro atoms. The normalized spacial score (nSPS) is 18.9. The molecule has 0 aromatic heterocycles. The van der Waals surface area contributed by atoms with Crippen molar-refractivity contribution >= 4 is 34.9 Å². The van der Waals surface area contributed by atoms with Crippen LogP contribution in [0.25, 0.3) is 5.70 Å². The number of nitrogens with one attached hydrogen (secondary N) is 1. The van der Waals surface area contributed by atoms with Crippen LogP contribution < -0.4 is 5.48 Å². The van der Waals surface area contributed by atoms with Gasteiger partial charge in [-0.15, -0.1) is 0 Å². The first-order chi connectivity index (χ1) is 13.5. The second-order valence-electron chi connectivity index (χ2n) is 6.24. The Labute approximate surface area is 173 Å². The van der Waals surface area contributed by atoms with Crippen molar-refractivity contribution in [1.82, 2.24) is 5.48 Å². The zero-order valence-electron chi connectivity index (χ0n) is 14.7. The molecule has 29 heavy (non-hydrogen) atoms. The number of rotatable bonds is 4. The second kappa shape index (κ2) is 7.85. The summed E-state index contributed by atoms with van der Waals surface area (Å²) in [6.45, 7) is 0.883. The number of carbonyl (C=O) groups excluding carboxylic acids is 1. The molecule has 1 unspecified atom stereocenters. The van der Waals surface area contributed by atoms with Crippen molar-refractivity contribution in [3.8, 4) is 0 Å². The van der Waals surface area contributed by atoms with E-state index in [9.17, 15) is 22.4 Å². The highest BCUT2D eigenvalue weighted by Crippen LogP contribution is 2.48. The number of esters is 1. The third kappa shape index (κ3) is 4.34. The Morgan fingerprint density at radius 1 is 1.17 bits per heavy atom. The molecule has 1 atom stereocenters. The maximum atomic E-state index is 14.3. The van der Waals surface area contributed by atoms with Gasteiger partial charge in [-0.05, 0) is 30.3 Å². The van der Waals surface area contributed by atoms with Gasteiger partial charge in [0.15, 0.2) is 0 Å². The minimum atomic E-state index is -4.87. The minimum Gasteiger partial charge on any atom is -0.461 e. The molecule has 154 valence electrons. The predicted molar refractivity (Wildman–Crippen MR) is 98.3 cm³/mol. The lowest BCUT2D eigenvalue weighted by molar-refractivity contribution is -0.269. The van der Waals surface area contributed by atoms with Crippen LogP contribution in [0.3, 0.4) is 0 Å². The summed E-state index contributed by atoms with van der Waals surface area (Å²) in [6.07, 6.45) is -4.08. The van der Waals surface area contributed by atoms with Crippen molar-refractivity contribution in [1.29, 1.82) is 0 Å². The number of hydrogen-bond acceptors (Lipinski definition) is 4. The highest BCUT2D eigenvalue weighted by molar-refractivity contribution is 6.34. The van der Waals surface area contributed by atoms with Crippen LogP contribution in [-0.2, 0) is 26.6 Å². The molecule has 0 saturated carbocycles. The molecule has 1 aliphatic heterocycles. The zero-order valence-corrected chi connectivity index (χ0v) is 16.3. The highest BCUT2D eigenvalue weighted by Gasteiger charge is 2.59. The van der Waals surface area contributed by atoms with Gasteiger partial charge in [0.25, 0.3) is 0 Å². The fraction of sp³-hybridized carbons (Fsp3) is 0.211. The summed E-state index contributed by atoms with van der Waals surface area (Å²) in [6, 6.07) is 7.16. The number of ether oxygens (including phenoxy) is 1. The van der Waals surface area contributed by atoms with E-state index in [2.05, 4.69) is 5.48 Å². The Kier molecular flexibility index (Phi) is 5.80. The molecule has 2 aromatic rings. The number of halogens is 6. The topological polar surface area (TPSA) is 47.6 Å². The number of hydroxylamine groups is 1. The number of alkyl halides is 3. The average molecular weight is 450 g/mol. The van der Waals surface area contributed by atoms with Crippen LogP contribution in [0.15, 0.2) is 42.5 Å². The fourth-order valence-corrected chi connectivity index (χ4v) is 3.29. The zero-order chi connectivity index (χ0) is 21.4. The molecule has 2 aromatic carbocycles. The maximum Gasteiger partial charge on any atom is 0.428 e. The summed E-state index contributed by atoms with van der Waals surface area (Å²) in [4.78, 5) is 15.8. The van der Waals surface area contributed by atoms with Gasteiger partial charge in [0, 0.05) is 33.7 Å². The second-order valence-corrected chi connectivity index (χ2v) is 7.11. The van der Waals surface area contributed by atoms with E-state index >= 15 is 0 Å². The van der Waals surface area contributed by atoms with E-state index in [0.29, 0.717) is 0 Å². The van der Waals surface area contributed by atoms with Crippen molar-refractivity contribution in [3.63, 3.8) is 0 Å². The van der Waals surface area contributed by atoms with Gasteiger partial charge < -0.3 is 4.74 Å². The lowest BCUT2D eigenvalue weighted by Crippen LogP contribution is -2.42. The van der Waals surface area contributed by atoms with Crippen LogP contribution >= 0.6 is 23.2 Å². The van der Waals surface area contributed by atoms with Crippen LogP contribution in [0.5, 0.6) is 0 Å². The lowest BCUT2D eigenvalue weighted by atomic mass is 9.91. The predicted octanol–water partition coefficient (Wildman–Crippen LogP) is 5.53. The Balaban J connectivity index is 2.01. The van der Waals surface area contributed by atoms with Gasteiger partial charge in [0.1, 0.15) is 12.4 Å². The molecule has 1 aliphatic rings. The molecular weight excluding hydrogens is 437 g/mol. The Morgan fingerprint density at radius 3 is 2.38 bits per heavy atom. The Hall–Kier alpha value is -2.29. The van der Waals surface area contributed by atoms with Gasteiger partial charge in [-0.25, -0.2) is 4.39 Å². The summed E-state index contributed by atoms with van der Waals surface area (Å²) in [5.41, 5.74) is -0.919. The van der Waals surface area contributed by atoms with E-state index in [1.54, 1.807) is 0 Å². The van der Waals surface area contributed by atoms with Crippen molar-refractivity contribution in [2.24, 2.45) is 0 Å². The van der Waals surface area contributed by atoms with Crippen LogP contribution in [0.2, 0.25) is 10.0 Å². The first-order valence-electron chi connectivity index (χ1n) is 8.14. The van der Waals surface area contributed by atoms with Crippen LogP contribution in [-0.4, -0.2) is 12.1 Å². The first-order valence-corrected chi connectivity index (χ1v) is 8.90. The van der Waals surface area contributed by atoms with Crippen molar-refractivity contribution in [2.45, 2.75) is 25.3 Å². The summed E-state index contributed by atoms with van der Waals surface area (Å²) < 4.78 is 60.9. The standard InChI is InChI=1S/C19H13Cl2F4NO3/c1-10(27)28-9-12-3-2-11(4-16(12)22)17-8-18(29-26-17,19(23,24)25)13-5-14(20)7-15(21)6-13/h2-8,26H,9H2,1H3. The molecule has 0 bridgehead atoms. The molecule has 10 heteroatoms. The summed E-state index contributed by atoms with van der Waals surface area (Å²) in [5.74, 6) is -1.33. The van der Waals surface area contributed by atoms with Gasteiger partial charge >= 0.3 is 12.1 Å². The van der Waals surface area contributed by atoms with E-state index in [4.69, 9.17) is 32.8 Å². The smallest absolute Gasteiger partial charge is 0.428 e. The fourth-order valence-electron chi connectivity index (χ4n) is 2.77. The average Bonchev–Trinajstić information content (AvgIpc) is 3.06. The van der Waals surface area contributed by atoms with Crippen LogP contribution in [0, 0.1) is 5.82 Å². The molecule has 1 N–H and O–H groups in total. The SMILES string of the molecule is CC(=O)OCc1ccc(C2=CC(c3cc(Cl)cc(Cl)c3)(C(F)(F)F)ON2)cc1F. The van der Waals surface area contributed by atoms with E-state index in [-0.39, 0.29) is 39.0 Å². The quantitative estimate of drug-likeness (QED) is 0.492. The highest BCUT2D eigenvalue weighted by atomic mass is 35.5. The monoisotopic (exact) mass is 449 g/mol. The Morgan fingerprint density at radius 2 is 1.83 bits per heavy atom. The molecule has 3 rings (SSSR count). The minimum absolute atomic E-state index is 0.00226. The summed E-state index contributed by atoms with van der Waals surface area (Å²) >= 11 is 11.7. The van der Waals surface area contributed by atoms with Crippen LogP contribution in [0.1, 0.15) is 23.6 Å². The third-order valence-electron chi connectivity index (χ3n) is 4.18. The molecule has 0 fully saturated rings. The number of hydrogen-bond donors (Lipinski definition) is 1. The van der Waals surface area contributed by atoms with Crippen LogP contribution in [0.4, 0.5) is 17.6 Å². The van der Waals surface area contributed by atoms with E-state index < -0.39 is 23.6 Å². The van der Waals surface area contributed by atoms with Gasteiger partial charge in [-0.3, -0.25) is 15.1 Å². The van der Waals surface area contributed by atoms with Gasteiger partial charge in [-0.1, -0.05) is 35.3 Å². The largest absolute Gasteiger partial charge is 0.461 e. The molecule has 0 amide bonds. The summed E-state index contributed by atoms with van der Waals surface area (Å²) in [7, 11) is 0. The van der Waals surface area contributed by atoms with Crippen molar-refractivity contribution in [3.05, 3.63) is 75.0 Å².